The largest absolute Gasteiger partial charge is 0.311 e. The van der Waals surface area contributed by atoms with Crippen molar-refractivity contribution in [2.24, 2.45) is 0 Å². The van der Waals surface area contributed by atoms with Crippen LogP contribution in [0.5, 0.6) is 0 Å². The molecule has 0 radical (unpaired) electrons. The maximum absolute atomic E-state index is 14.3. The van der Waals surface area contributed by atoms with Gasteiger partial charge in [-0.2, -0.15) is 0 Å². The molecule has 2 aliphatic rings. The third-order valence-corrected chi connectivity index (χ3v) is 9.55. The molecule has 0 aliphatic carbocycles. The molecule has 260 valence electrons. The summed E-state index contributed by atoms with van der Waals surface area (Å²) in [5, 5.41) is 4.54. The Morgan fingerprint density at radius 2 is 1.14 bits per heavy atom. The van der Waals surface area contributed by atoms with E-state index in [1.807, 2.05) is 25.8 Å². The van der Waals surface area contributed by atoms with Crippen LogP contribution in [0.15, 0.2) is 72.8 Å². The van der Waals surface area contributed by atoms with Crippen molar-refractivity contribution in [3.05, 3.63) is 106 Å². The summed E-state index contributed by atoms with van der Waals surface area (Å²) in [7, 11) is 0. The number of fused-ring (bicyclic) bond motifs is 10. The molecule has 0 saturated carbocycles. The van der Waals surface area contributed by atoms with Gasteiger partial charge in [-0.05, 0) is 60.7 Å². The Kier molecular flexibility index (Phi) is 9.05. The third kappa shape index (κ3) is 6.29. The van der Waals surface area contributed by atoms with Crippen molar-refractivity contribution in [1.82, 2.24) is 39.0 Å². The van der Waals surface area contributed by atoms with Crippen LogP contribution in [0.4, 0.5) is 17.6 Å². The predicted octanol–water partition coefficient (Wildman–Crippen LogP) is 8.48. The van der Waals surface area contributed by atoms with E-state index in [0.29, 0.717) is 81.7 Å². The minimum Gasteiger partial charge on any atom is -0.311 e. The van der Waals surface area contributed by atoms with Gasteiger partial charge in [0.15, 0.2) is 0 Å². The van der Waals surface area contributed by atoms with Crippen molar-refractivity contribution in [3.8, 4) is 0 Å². The van der Waals surface area contributed by atoms with E-state index in [1.165, 1.54) is 12.1 Å². The number of pyridine rings is 2. The Hall–Kier alpha value is -4.33. The first kappa shape index (κ1) is 33.8. The normalized spacial score (nSPS) is 15.3. The van der Waals surface area contributed by atoms with Gasteiger partial charge in [0, 0.05) is 37.0 Å². The van der Waals surface area contributed by atoms with Gasteiger partial charge in [-0.25, -0.2) is 37.5 Å². The minimum absolute atomic E-state index is 0.218. The molecule has 0 unspecified atom stereocenters. The van der Waals surface area contributed by atoms with Crippen LogP contribution in [0.3, 0.4) is 0 Å². The zero-order chi connectivity index (χ0) is 35.4. The van der Waals surface area contributed by atoms with Gasteiger partial charge in [-0.1, -0.05) is 35.3 Å². The van der Waals surface area contributed by atoms with Gasteiger partial charge in [0.05, 0.1) is 45.5 Å². The lowest BCUT2D eigenvalue weighted by molar-refractivity contribution is 0.0567. The summed E-state index contributed by atoms with van der Waals surface area (Å²) in [6.45, 7) is 2.43. The molecule has 2 fully saturated rings. The van der Waals surface area contributed by atoms with Crippen LogP contribution in [0.25, 0.3) is 54.9 Å². The summed E-state index contributed by atoms with van der Waals surface area (Å²) in [5.74, 6) is 1.01. The molecule has 0 atom stereocenters. The van der Waals surface area contributed by atoms with Gasteiger partial charge >= 0.3 is 0 Å². The molecule has 15 heteroatoms. The first-order valence-electron chi connectivity index (χ1n) is 16.1. The van der Waals surface area contributed by atoms with Crippen molar-refractivity contribution in [1.29, 1.82) is 0 Å². The monoisotopic (exact) mass is 752 g/mol. The fourth-order valence-corrected chi connectivity index (χ4v) is 6.84. The van der Waals surface area contributed by atoms with Crippen molar-refractivity contribution >= 4 is 89.7 Å². The highest BCUT2D eigenvalue weighted by Crippen LogP contribution is 2.31. The SMILES string of the molecule is FC1CNC1.Fc1cccc2c1cc1c3nc(Cl)ccc3nc(CCl)n21.Fc1cccc2c1cc1c3nc(Cl)ccc3nc(CN3CC(F)C3)n21. The van der Waals surface area contributed by atoms with Crippen LogP contribution in [0.2, 0.25) is 10.3 Å². The van der Waals surface area contributed by atoms with Gasteiger partial charge in [0.2, 0.25) is 0 Å². The molecule has 2 aromatic carbocycles. The van der Waals surface area contributed by atoms with Crippen molar-refractivity contribution in [2.45, 2.75) is 24.8 Å². The highest BCUT2D eigenvalue weighted by atomic mass is 35.5. The minimum atomic E-state index is -0.782. The van der Waals surface area contributed by atoms with Crippen LogP contribution in [0, 0.1) is 11.6 Å². The standard InChI is InChI=1S/C18H13ClF2N4.C15H8Cl2FN3.C3H6FN/c19-16-5-4-13-18(23-16)15-6-11-12(21)2-1-3-14(11)25(15)17(22-13)9-24-7-10(20)8-24;16-7-14-19-10-4-5-13(17)20-15(10)12-6-8-9(18)2-1-3-11(8)21(12)14;4-3-1-5-2-3/h1-6,10H,7-9H2;1-6H,7H2;3,5H,1-2H2. The zero-order valence-electron chi connectivity index (χ0n) is 26.6. The molecule has 2 saturated heterocycles. The number of nitrogens with one attached hydrogen (secondary N) is 1. The number of aromatic nitrogens is 6. The summed E-state index contributed by atoms with van der Waals surface area (Å²) < 4.78 is 56.7. The van der Waals surface area contributed by atoms with Crippen LogP contribution in [-0.2, 0) is 12.4 Å². The summed E-state index contributed by atoms with van der Waals surface area (Å²) >= 11 is 18.0. The van der Waals surface area contributed by atoms with Crippen LogP contribution in [0.1, 0.15) is 11.6 Å². The number of likely N-dealkylation sites (tertiary alicyclic amines) is 1. The highest BCUT2D eigenvalue weighted by molar-refractivity contribution is 6.30. The molecule has 8 heterocycles. The van der Waals surface area contributed by atoms with Gasteiger partial charge in [-0.3, -0.25) is 13.7 Å². The van der Waals surface area contributed by atoms with Crippen LogP contribution in [-0.4, -0.2) is 72.2 Å². The van der Waals surface area contributed by atoms with Crippen LogP contribution >= 0.6 is 34.8 Å². The summed E-state index contributed by atoms with van der Waals surface area (Å²) in [4.78, 5) is 19.9. The molecular weight excluding hydrogens is 727 g/mol. The molecule has 2 aliphatic heterocycles. The van der Waals surface area contributed by atoms with E-state index in [2.05, 4.69) is 20.3 Å². The van der Waals surface area contributed by atoms with Gasteiger partial charge in [0.25, 0.3) is 0 Å². The Morgan fingerprint density at radius 1 is 0.647 bits per heavy atom. The number of hydrogen-bond acceptors (Lipinski definition) is 6. The summed E-state index contributed by atoms with van der Waals surface area (Å²) in [5.41, 5.74) is 5.57. The Balaban J connectivity index is 0.000000130. The molecule has 6 aromatic heterocycles. The summed E-state index contributed by atoms with van der Waals surface area (Å²) in [6.07, 6.45) is -1.33. The molecule has 51 heavy (non-hydrogen) atoms. The van der Waals surface area contributed by atoms with E-state index in [4.69, 9.17) is 39.8 Å². The molecule has 0 spiro atoms. The maximum Gasteiger partial charge on any atom is 0.132 e. The summed E-state index contributed by atoms with van der Waals surface area (Å²) in [6, 6.07) is 20.4. The molecule has 8 nitrogen and oxygen atoms in total. The maximum atomic E-state index is 14.3. The predicted molar refractivity (Wildman–Crippen MR) is 193 cm³/mol. The van der Waals surface area contributed by atoms with Crippen molar-refractivity contribution < 1.29 is 17.6 Å². The first-order valence-corrected chi connectivity index (χ1v) is 17.3. The highest BCUT2D eigenvalue weighted by Gasteiger charge is 2.28. The fourth-order valence-electron chi connectivity index (χ4n) is 6.37. The first-order chi connectivity index (χ1) is 24.7. The van der Waals surface area contributed by atoms with Crippen molar-refractivity contribution in [2.75, 3.05) is 26.2 Å². The third-order valence-electron chi connectivity index (χ3n) is 8.89. The van der Waals surface area contributed by atoms with Gasteiger partial charge in [0.1, 0.15) is 57.0 Å². The lowest BCUT2D eigenvalue weighted by Crippen LogP contribution is -2.47. The number of halogens is 7. The quantitative estimate of drug-likeness (QED) is 0.111. The molecular formula is C36H27Cl3F4N8. The topological polar surface area (TPSA) is 75.6 Å². The van der Waals surface area contributed by atoms with E-state index < -0.39 is 12.3 Å². The average molecular weight is 754 g/mol. The molecule has 8 aromatic rings. The Bertz CT molecular complexity index is 2600. The molecule has 1 N–H and O–H groups in total. The van der Waals surface area contributed by atoms with E-state index in [1.54, 1.807) is 48.5 Å². The Morgan fingerprint density at radius 3 is 1.59 bits per heavy atom. The molecule has 0 amide bonds. The average Bonchev–Trinajstić information content (AvgIpc) is 3.69. The molecule has 10 rings (SSSR count). The zero-order valence-corrected chi connectivity index (χ0v) is 28.9. The number of rotatable bonds is 3. The van der Waals surface area contributed by atoms with Crippen molar-refractivity contribution in [3.63, 3.8) is 0 Å². The van der Waals surface area contributed by atoms with Crippen LogP contribution < -0.4 is 5.32 Å². The van der Waals surface area contributed by atoms with Gasteiger partial charge < -0.3 is 5.32 Å². The second-order valence-corrected chi connectivity index (χ2v) is 13.4. The Labute approximate surface area is 302 Å². The second kappa shape index (κ2) is 13.7. The lowest BCUT2D eigenvalue weighted by Gasteiger charge is -2.34. The smallest absolute Gasteiger partial charge is 0.132 e. The number of alkyl halides is 3. The van der Waals surface area contributed by atoms with E-state index in [-0.39, 0.29) is 17.5 Å². The van der Waals surface area contributed by atoms with E-state index in [9.17, 15) is 17.6 Å². The fraction of sp³-hybridized carbons (Fsp3) is 0.222. The number of benzene rings is 2. The number of hydrogen-bond donors (Lipinski definition) is 1. The van der Waals surface area contributed by atoms with E-state index in [0.717, 1.165) is 27.9 Å². The number of nitrogens with zero attached hydrogens (tertiary/aromatic N) is 7. The lowest BCUT2D eigenvalue weighted by atomic mass is 10.2. The van der Waals surface area contributed by atoms with E-state index >= 15 is 0 Å². The second-order valence-electron chi connectivity index (χ2n) is 12.3. The van der Waals surface area contributed by atoms with Gasteiger partial charge in [-0.15, -0.1) is 11.6 Å². The molecule has 0 bridgehead atoms.